The van der Waals surface area contributed by atoms with Gasteiger partial charge in [0, 0.05) is 6.07 Å². The molecule has 5 nitrogen and oxygen atoms in total. The molecule has 1 aromatic rings. The van der Waals surface area contributed by atoms with Gasteiger partial charge in [-0.05, 0) is 20.8 Å². The molecule has 2 N–H and O–H groups in total. The maximum Gasteiger partial charge on any atom is 0.315 e. The van der Waals surface area contributed by atoms with E-state index in [-0.39, 0.29) is 11.3 Å². The van der Waals surface area contributed by atoms with Crippen molar-refractivity contribution in [3.8, 4) is 0 Å². The van der Waals surface area contributed by atoms with Crippen LogP contribution in [0.25, 0.3) is 0 Å². The minimum absolute atomic E-state index is 0.270. The van der Waals surface area contributed by atoms with Gasteiger partial charge in [0.2, 0.25) is 0 Å². The lowest BCUT2D eigenvalue weighted by Gasteiger charge is -2.17. The summed E-state index contributed by atoms with van der Waals surface area (Å²) < 4.78 is 0. The van der Waals surface area contributed by atoms with Crippen molar-refractivity contribution in [2.45, 2.75) is 26.2 Å². The molecule has 0 radical (unpaired) electrons. The maximum atomic E-state index is 11.1. The van der Waals surface area contributed by atoms with Crippen molar-refractivity contribution in [3.05, 3.63) is 27.9 Å². The van der Waals surface area contributed by atoms with E-state index in [1.165, 1.54) is 19.9 Å². The highest BCUT2D eigenvalue weighted by Crippen LogP contribution is 2.19. The van der Waals surface area contributed by atoms with Crippen LogP contribution >= 0.6 is 0 Å². The van der Waals surface area contributed by atoms with Crippen LogP contribution in [0.15, 0.2) is 10.9 Å². The summed E-state index contributed by atoms with van der Waals surface area (Å²) in [4.78, 5) is 28.4. The summed E-state index contributed by atoms with van der Waals surface area (Å²) in [5.41, 5.74) is -1.20. The van der Waals surface area contributed by atoms with Crippen molar-refractivity contribution in [3.63, 3.8) is 0 Å². The number of hydrogen-bond donors (Lipinski definition) is 2. The first kappa shape index (κ1) is 10.4. The third-order valence-corrected chi connectivity index (χ3v) is 2.04. The van der Waals surface area contributed by atoms with Gasteiger partial charge in [0.05, 0.1) is 5.69 Å². The molecule has 0 aliphatic heterocycles. The van der Waals surface area contributed by atoms with Crippen molar-refractivity contribution in [1.29, 1.82) is 0 Å². The number of carbonyl (C=O) groups is 1. The summed E-state index contributed by atoms with van der Waals surface area (Å²) in [5.74, 6) is -0.586. The Kier molecular flexibility index (Phi) is 2.42. The number of aliphatic carboxylic acids is 1. The number of carboxylic acids is 1. The highest BCUT2D eigenvalue weighted by atomic mass is 16.4. The fourth-order valence-electron chi connectivity index (χ4n) is 1.01. The summed E-state index contributed by atoms with van der Waals surface area (Å²) in [7, 11) is 0. The number of nitrogens with zero attached hydrogens (tertiary/aromatic N) is 1. The number of aromatic amines is 1. The molecule has 1 rings (SSSR count). The molecule has 0 aliphatic carbocycles. The van der Waals surface area contributed by atoms with Crippen LogP contribution < -0.4 is 5.56 Å². The molecule has 0 amide bonds. The molecule has 1 aromatic heterocycles. The van der Waals surface area contributed by atoms with Crippen LogP contribution in [0.1, 0.15) is 25.4 Å². The van der Waals surface area contributed by atoms with Gasteiger partial charge in [0.25, 0.3) is 5.56 Å². The Morgan fingerprint density at radius 2 is 2.14 bits per heavy atom. The molecule has 0 fully saturated rings. The number of aromatic nitrogens is 2. The molecule has 76 valence electrons. The second-order valence-corrected chi connectivity index (χ2v) is 3.65. The van der Waals surface area contributed by atoms with Gasteiger partial charge >= 0.3 is 5.97 Å². The molecule has 1 heterocycles. The van der Waals surface area contributed by atoms with Gasteiger partial charge in [-0.2, -0.15) is 0 Å². The van der Waals surface area contributed by atoms with E-state index in [9.17, 15) is 9.59 Å². The van der Waals surface area contributed by atoms with Crippen molar-refractivity contribution < 1.29 is 9.90 Å². The quantitative estimate of drug-likeness (QED) is 0.719. The van der Waals surface area contributed by atoms with Gasteiger partial charge in [-0.1, -0.05) is 0 Å². The molecule has 0 aliphatic rings. The van der Waals surface area contributed by atoms with Crippen molar-refractivity contribution >= 4 is 5.97 Å². The van der Waals surface area contributed by atoms with E-state index in [0.717, 1.165) is 0 Å². The van der Waals surface area contributed by atoms with Crippen molar-refractivity contribution in [2.75, 3.05) is 0 Å². The fraction of sp³-hybridized carbons (Fsp3) is 0.444. The van der Waals surface area contributed by atoms with E-state index < -0.39 is 11.4 Å². The second-order valence-electron chi connectivity index (χ2n) is 3.65. The Morgan fingerprint density at radius 1 is 1.57 bits per heavy atom. The number of H-pyrrole nitrogens is 1. The summed E-state index contributed by atoms with van der Waals surface area (Å²) in [6, 6.07) is 1.21. The molecule has 0 unspecified atom stereocenters. The molecular formula is C9H12N2O3. The summed E-state index contributed by atoms with van der Waals surface area (Å²) in [5, 5.41) is 8.92. The lowest BCUT2D eigenvalue weighted by molar-refractivity contribution is -0.142. The van der Waals surface area contributed by atoms with Crippen LogP contribution in [-0.4, -0.2) is 21.0 Å². The predicted molar refractivity (Wildman–Crippen MR) is 50.3 cm³/mol. The number of hydrogen-bond acceptors (Lipinski definition) is 3. The van der Waals surface area contributed by atoms with E-state index in [0.29, 0.717) is 5.82 Å². The first-order valence-electron chi connectivity index (χ1n) is 4.16. The molecule has 0 atom stereocenters. The van der Waals surface area contributed by atoms with Gasteiger partial charge < -0.3 is 10.1 Å². The van der Waals surface area contributed by atoms with Crippen LogP contribution in [-0.2, 0) is 10.2 Å². The van der Waals surface area contributed by atoms with E-state index in [1.54, 1.807) is 6.92 Å². The minimum atomic E-state index is -1.14. The molecule has 0 spiro atoms. The van der Waals surface area contributed by atoms with Crippen LogP contribution in [0.3, 0.4) is 0 Å². The Hall–Kier alpha value is -1.65. The Balaban J connectivity index is 3.32. The third-order valence-electron chi connectivity index (χ3n) is 2.04. The van der Waals surface area contributed by atoms with Crippen LogP contribution in [0.2, 0.25) is 0 Å². The van der Waals surface area contributed by atoms with Gasteiger partial charge in [0.15, 0.2) is 0 Å². The van der Waals surface area contributed by atoms with Crippen molar-refractivity contribution in [2.24, 2.45) is 0 Å². The predicted octanol–water partition coefficient (Wildman–Crippen LogP) is 0.441. The second kappa shape index (κ2) is 3.25. The third kappa shape index (κ3) is 1.81. The van der Waals surface area contributed by atoms with E-state index in [2.05, 4.69) is 9.97 Å². The monoisotopic (exact) mass is 196 g/mol. The SMILES string of the molecule is Cc1nc(C(C)(C)C(=O)O)cc(=O)[nH]1. The molecule has 0 bridgehead atoms. The number of nitrogens with one attached hydrogen (secondary N) is 1. The first-order valence-corrected chi connectivity index (χ1v) is 4.16. The van der Waals surface area contributed by atoms with Gasteiger partial charge in [-0.25, -0.2) is 4.98 Å². The average Bonchev–Trinajstić information content (AvgIpc) is 2.01. The Labute approximate surface area is 80.8 Å². The van der Waals surface area contributed by atoms with Crippen LogP contribution in [0.5, 0.6) is 0 Å². The zero-order valence-corrected chi connectivity index (χ0v) is 8.29. The number of carboxylic acid groups (broad SMARTS) is 1. The fourth-order valence-corrected chi connectivity index (χ4v) is 1.01. The number of aryl methyl sites for hydroxylation is 1. The average molecular weight is 196 g/mol. The first-order chi connectivity index (χ1) is 6.34. The van der Waals surface area contributed by atoms with E-state index in [4.69, 9.17) is 5.11 Å². The largest absolute Gasteiger partial charge is 0.481 e. The standard InChI is InChI=1S/C9H12N2O3/c1-5-10-6(4-7(12)11-5)9(2,3)8(13)14/h4H,1-3H3,(H,13,14)(H,10,11,12). The molecule has 0 saturated heterocycles. The van der Waals surface area contributed by atoms with E-state index >= 15 is 0 Å². The lowest BCUT2D eigenvalue weighted by atomic mass is 9.89. The molecule has 5 heteroatoms. The van der Waals surface area contributed by atoms with Gasteiger partial charge in [-0.3, -0.25) is 9.59 Å². The molecule has 0 aromatic carbocycles. The van der Waals surface area contributed by atoms with Gasteiger partial charge in [-0.15, -0.1) is 0 Å². The molecule has 0 saturated carbocycles. The van der Waals surface area contributed by atoms with E-state index in [1.807, 2.05) is 0 Å². The topological polar surface area (TPSA) is 83.0 Å². The van der Waals surface area contributed by atoms with Crippen LogP contribution in [0, 0.1) is 6.92 Å². The zero-order valence-electron chi connectivity index (χ0n) is 8.29. The van der Waals surface area contributed by atoms with Crippen LogP contribution in [0.4, 0.5) is 0 Å². The maximum absolute atomic E-state index is 11.1. The summed E-state index contributed by atoms with van der Waals surface area (Å²) in [6.45, 7) is 4.63. The number of rotatable bonds is 2. The smallest absolute Gasteiger partial charge is 0.315 e. The minimum Gasteiger partial charge on any atom is -0.481 e. The van der Waals surface area contributed by atoms with Gasteiger partial charge in [0.1, 0.15) is 11.2 Å². The molecule has 14 heavy (non-hydrogen) atoms. The molecular weight excluding hydrogens is 184 g/mol. The Bertz CT molecular complexity index is 420. The summed E-state index contributed by atoms with van der Waals surface area (Å²) >= 11 is 0. The highest BCUT2D eigenvalue weighted by Gasteiger charge is 2.31. The lowest BCUT2D eigenvalue weighted by Crippen LogP contribution is -2.31. The Morgan fingerprint density at radius 3 is 2.57 bits per heavy atom. The summed E-state index contributed by atoms with van der Waals surface area (Å²) in [6.07, 6.45) is 0. The highest BCUT2D eigenvalue weighted by molar-refractivity contribution is 5.79. The van der Waals surface area contributed by atoms with Crippen molar-refractivity contribution in [1.82, 2.24) is 9.97 Å². The normalized spacial score (nSPS) is 11.4. The zero-order chi connectivity index (χ0) is 10.9.